The summed E-state index contributed by atoms with van der Waals surface area (Å²) in [6, 6.07) is 7.66. The molecular weight excluding hydrogens is 250 g/mol. The molecule has 1 aromatic rings. The quantitative estimate of drug-likeness (QED) is 0.829. The highest BCUT2D eigenvalue weighted by molar-refractivity contribution is 5.92. The number of amides is 1. The molecule has 4 nitrogen and oxygen atoms in total. The van der Waals surface area contributed by atoms with Gasteiger partial charge in [0.25, 0.3) is 0 Å². The average Bonchev–Trinajstić information content (AvgIpc) is 2.48. The van der Waals surface area contributed by atoms with E-state index in [4.69, 9.17) is 5.73 Å². The first-order valence-corrected chi connectivity index (χ1v) is 7.51. The molecule has 1 aromatic carbocycles. The van der Waals surface area contributed by atoms with E-state index in [1.807, 2.05) is 12.1 Å². The van der Waals surface area contributed by atoms with Gasteiger partial charge in [0.2, 0.25) is 5.91 Å². The van der Waals surface area contributed by atoms with Gasteiger partial charge in [-0.25, -0.2) is 0 Å². The van der Waals surface area contributed by atoms with Crippen molar-refractivity contribution in [3.8, 4) is 0 Å². The summed E-state index contributed by atoms with van der Waals surface area (Å²) < 4.78 is 0. The molecule has 3 N–H and O–H groups in total. The number of benzene rings is 1. The first-order chi connectivity index (χ1) is 9.69. The Morgan fingerprint density at radius 2 is 2.15 bits per heavy atom. The Kier molecular flexibility index (Phi) is 5.56. The number of nitrogens with two attached hydrogens (primary N) is 1. The van der Waals surface area contributed by atoms with Crippen molar-refractivity contribution in [3.63, 3.8) is 0 Å². The van der Waals surface area contributed by atoms with Gasteiger partial charge in [0, 0.05) is 18.7 Å². The maximum Gasteiger partial charge on any atom is 0.248 e. The summed E-state index contributed by atoms with van der Waals surface area (Å²) in [7, 11) is 0. The van der Waals surface area contributed by atoms with E-state index >= 15 is 0 Å². The molecule has 0 atom stereocenters. The van der Waals surface area contributed by atoms with Gasteiger partial charge in [0.05, 0.1) is 0 Å². The van der Waals surface area contributed by atoms with Crippen molar-refractivity contribution >= 4 is 5.91 Å². The van der Waals surface area contributed by atoms with Crippen LogP contribution in [0.15, 0.2) is 24.3 Å². The number of carbonyl (C=O) groups excluding carboxylic acids is 1. The van der Waals surface area contributed by atoms with Gasteiger partial charge in [-0.1, -0.05) is 19.1 Å². The SMILES string of the molecule is CCN(Cc1cccc(C(N)=O)c1)CC1CCNCC1. The fraction of sp³-hybridized carbons (Fsp3) is 0.562. The van der Waals surface area contributed by atoms with E-state index in [9.17, 15) is 4.79 Å². The molecule has 1 fully saturated rings. The Bertz CT molecular complexity index is 441. The third-order valence-corrected chi connectivity index (χ3v) is 4.04. The highest BCUT2D eigenvalue weighted by atomic mass is 16.1. The maximum absolute atomic E-state index is 11.2. The van der Waals surface area contributed by atoms with Crippen molar-refractivity contribution in [1.82, 2.24) is 10.2 Å². The summed E-state index contributed by atoms with van der Waals surface area (Å²) >= 11 is 0. The van der Waals surface area contributed by atoms with Crippen molar-refractivity contribution in [2.24, 2.45) is 11.7 Å². The summed E-state index contributed by atoms with van der Waals surface area (Å²) in [4.78, 5) is 13.7. The van der Waals surface area contributed by atoms with Gasteiger partial charge in [-0.2, -0.15) is 0 Å². The van der Waals surface area contributed by atoms with Gasteiger partial charge in [-0.05, 0) is 56.1 Å². The van der Waals surface area contributed by atoms with Gasteiger partial charge in [-0.3, -0.25) is 9.69 Å². The topological polar surface area (TPSA) is 58.4 Å². The molecule has 1 heterocycles. The largest absolute Gasteiger partial charge is 0.366 e. The molecule has 0 saturated carbocycles. The monoisotopic (exact) mass is 275 g/mol. The minimum absolute atomic E-state index is 0.353. The highest BCUT2D eigenvalue weighted by Crippen LogP contribution is 2.15. The molecule has 0 aromatic heterocycles. The van der Waals surface area contributed by atoms with Crippen LogP contribution in [0.1, 0.15) is 35.7 Å². The lowest BCUT2D eigenvalue weighted by molar-refractivity contribution is 0.1000. The Balaban J connectivity index is 1.94. The van der Waals surface area contributed by atoms with Gasteiger partial charge < -0.3 is 11.1 Å². The maximum atomic E-state index is 11.2. The van der Waals surface area contributed by atoms with Crippen molar-refractivity contribution < 1.29 is 4.79 Å². The van der Waals surface area contributed by atoms with E-state index in [1.165, 1.54) is 12.8 Å². The Morgan fingerprint density at radius 3 is 2.80 bits per heavy atom. The molecule has 1 saturated heterocycles. The molecule has 1 aliphatic heterocycles. The second kappa shape index (κ2) is 7.41. The number of nitrogens with zero attached hydrogens (tertiary/aromatic N) is 1. The molecule has 0 radical (unpaired) electrons. The lowest BCUT2D eigenvalue weighted by Crippen LogP contribution is -2.35. The summed E-state index contributed by atoms with van der Waals surface area (Å²) in [5.41, 5.74) is 7.10. The van der Waals surface area contributed by atoms with Crippen LogP contribution in [-0.2, 0) is 6.54 Å². The smallest absolute Gasteiger partial charge is 0.248 e. The van der Waals surface area contributed by atoms with Gasteiger partial charge in [0.1, 0.15) is 0 Å². The first kappa shape index (κ1) is 15.0. The normalized spacial score (nSPS) is 16.5. The minimum Gasteiger partial charge on any atom is -0.366 e. The number of carbonyl (C=O) groups is 1. The summed E-state index contributed by atoms with van der Waals surface area (Å²) in [6.07, 6.45) is 2.52. The van der Waals surface area contributed by atoms with Crippen molar-refractivity contribution in [2.75, 3.05) is 26.2 Å². The Morgan fingerprint density at radius 1 is 1.40 bits per heavy atom. The molecule has 110 valence electrons. The summed E-state index contributed by atoms with van der Waals surface area (Å²) in [5, 5.41) is 3.41. The standard InChI is InChI=1S/C16H25N3O/c1-2-19(11-13-6-8-18-9-7-13)12-14-4-3-5-15(10-14)16(17)20/h3-5,10,13,18H,2,6-9,11-12H2,1H3,(H2,17,20). The van der Waals surface area contributed by atoms with Gasteiger partial charge >= 0.3 is 0 Å². The zero-order valence-electron chi connectivity index (χ0n) is 12.3. The van der Waals surface area contributed by atoms with E-state index in [-0.39, 0.29) is 5.91 Å². The van der Waals surface area contributed by atoms with Crippen LogP contribution >= 0.6 is 0 Å². The summed E-state index contributed by atoms with van der Waals surface area (Å²) in [6.45, 7) is 7.53. The zero-order valence-corrected chi connectivity index (χ0v) is 12.3. The van der Waals surface area contributed by atoms with E-state index in [2.05, 4.69) is 23.2 Å². The van der Waals surface area contributed by atoms with Crippen LogP contribution in [0.3, 0.4) is 0 Å². The van der Waals surface area contributed by atoms with Crippen LogP contribution in [0.5, 0.6) is 0 Å². The second-order valence-electron chi connectivity index (χ2n) is 5.59. The number of hydrogen-bond acceptors (Lipinski definition) is 3. The van der Waals surface area contributed by atoms with Gasteiger partial charge in [-0.15, -0.1) is 0 Å². The van der Waals surface area contributed by atoms with Crippen LogP contribution in [-0.4, -0.2) is 37.0 Å². The fourth-order valence-electron chi connectivity index (χ4n) is 2.82. The molecule has 2 rings (SSSR count). The van der Waals surface area contributed by atoms with E-state index in [0.717, 1.165) is 44.2 Å². The number of nitrogens with one attached hydrogen (secondary N) is 1. The number of rotatable bonds is 6. The molecule has 20 heavy (non-hydrogen) atoms. The number of hydrogen-bond donors (Lipinski definition) is 2. The average molecular weight is 275 g/mol. The van der Waals surface area contributed by atoms with Crippen LogP contribution in [0.4, 0.5) is 0 Å². The van der Waals surface area contributed by atoms with E-state index in [1.54, 1.807) is 6.07 Å². The fourth-order valence-corrected chi connectivity index (χ4v) is 2.82. The van der Waals surface area contributed by atoms with Crippen molar-refractivity contribution in [2.45, 2.75) is 26.3 Å². The second-order valence-corrected chi connectivity index (χ2v) is 5.59. The molecule has 0 spiro atoms. The minimum atomic E-state index is -0.353. The third kappa shape index (κ3) is 4.32. The molecule has 1 amide bonds. The molecule has 0 aliphatic carbocycles. The molecule has 1 aliphatic rings. The zero-order chi connectivity index (χ0) is 14.4. The van der Waals surface area contributed by atoms with Gasteiger partial charge in [0.15, 0.2) is 0 Å². The Hall–Kier alpha value is -1.39. The van der Waals surface area contributed by atoms with Crippen LogP contribution in [0.2, 0.25) is 0 Å². The highest BCUT2D eigenvalue weighted by Gasteiger charge is 2.16. The van der Waals surface area contributed by atoms with Crippen LogP contribution < -0.4 is 11.1 Å². The van der Waals surface area contributed by atoms with E-state index in [0.29, 0.717) is 5.56 Å². The number of primary amides is 1. The summed E-state index contributed by atoms with van der Waals surface area (Å²) in [5.74, 6) is 0.434. The Labute approximate surface area is 121 Å². The van der Waals surface area contributed by atoms with Crippen LogP contribution in [0.25, 0.3) is 0 Å². The number of piperidine rings is 1. The first-order valence-electron chi connectivity index (χ1n) is 7.51. The molecule has 0 unspecified atom stereocenters. The van der Waals surface area contributed by atoms with Crippen molar-refractivity contribution in [1.29, 1.82) is 0 Å². The third-order valence-electron chi connectivity index (χ3n) is 4.04. The molecular formula is C16H25N3O. The van der Waals surface area contributed by atoms with Crippen molar-refractivity contribution in [3.05, 3.63) is 35.4 Å². The van der Waals surface area contributed by atoms with E-state index < -0.39 is 0 Å². The predicted molar refractivity (Wildman–Crippen MR) is 81.5 cm³/mol. The predicted octanol–water partition coefficient (Wildman–Crippen LogP) is 1.61. The van der Waals surface area contributed by atoms with Crippen LogP contribution in [0, 0.1) is 5.92 Å². The lowest BCUT2D eigenvalue weighted by Gasteiger charge is -2.29. The molecule has 0 bridgehead atoms. The molecule has 4 heteroatoms. The lowest BCUT2D eigenvalue weighted by atomic mass is 9.97.